The molecule has 0 spiro atoms. The number of sulfone groups is 1. The molecule has 0 aliphatic carbocycles. The van der Waals surface area contributed by atoms with Crippen molar-refractivity contribution in [3.8, 4) is 6.07 Å². The molecule has 0 saturated carbocycles. The summed E-state index contributed by atoms with van der Waals surface area (Å²) in [5.41, 5.74) is -0.498. The van der Waals surface area contributed by atoms with Crippen LogP contribution >= 0.6 is 0 Å². The molecule has 0 aromatic heterocycles. The summed E-state index contributed by atoms with van der Waals surface area (Å²) in [6.07, 6.45) is 1.67. The van der Waals surface area contributed by atoms with Gasteiger partial charge in [0.05, 0.1) is 27.2 Å². The van der Waals surface area contributed by atoms with E-state index in [0.29, 0.717) is 17.1 Å². The van der Waals surface area contributed by atoms with Crippen molar-refractivity contribution in [1.29, 1.82) is 5.26 Å². The standard InChI is InChI=1S/C13H17NO3S2/c1-13(2,10-14)8-9-18(15)11-4-6-12(7-5-11)19(3,16)17/h4-7H,8-9H2,1-3H3. The highest BCUT2D eigenvalue weighted by Crippen LogP contribution is 2.21. The highest BCUT2D eigenvalue weighted by Gasteiger charge is 2.18. The number of hydrogen-bond donors (Lipinski definition) is 0. The molecule has 0 aliphatic rings. The molecule has 0 fully saturated rings. The molecular weight excluding hydrogens is 282 g/mol. The number of benzene rings is 1. The van der Waals surface area contributed by atoms with Gasteiger partial charge in [0.2, 0.25) is 0 Å². The van der Waals surface area contributed by atoms with E-state index in [9.17, 15) is 12.6 Å². The van der Waals surface area contributed by atoms with Gasteiger partial charge in [0.15, 0.2) is 9.84 Å². The van der Waals surface area contributed by atoms with E-state index in [1.165, 1.54) is 12.1 Å². The Morgan fingerprint density at radius 3 is 2.21 bits per heavy atom. The van der Waals surface area contributed by atoms with Crippen molar-refractivity contribution in [2.24, 2.45) is 5.41 Å². The first-order valence-electron chi connectivity index (χ1n) is 5.75. The third-order valence-electron chi connectivity index (χ3n) is 2.73. The predicted octanol–water partition coefficient (Wildman–Crippen LogP) is 2.14. The van der Waals surface area contributed by atoms with Crippen molar-refractivity contribution in [3.63, 3.8) is 0 Å². The maximum atomic E-state index is 12.0. The maximum absolute atomic E-state index is 12.0. The van der Waals surface area contributed by atoms with Gasteiger partial charge in [-0.25, -0.2) is 8.42 Å². The monoisotopic (exact) mass is 299 g/mol. The van der Waals surface area contributed by atoms with Gasteiger partial charge in [-0.3, -0.25) is 4.21 Å². The lowest BCUT2D eigenvalue weighted by atomic mass is 9.93. The first kappa shape index (κ1) is 15.9. The topological polar surface area (TPSA) is 75.0 Å². The molecular formula is C13H17NO3S2. The molecule has 6 heteroatoms. The molecule has 0 heterocycles. The number of nitriles is 1. The second-order valence-corrected chi connectivity index (χ2v) is 8.63. The molecule has 1 rings (SSSR count). The number of nitrogens with zero attached hydrogens (tertiary/aromatic N) is 1. The Bertz CT molecular complexity index is 610. The zero-order valence-corrected chi connectivity index (χ0v) is 12.8. The number of rotatable bonds is 5. The molecule has 104 valence electrons. The van der Waals surface area contributed by atoms with Crippen molar-refractivity contribution in [2.45, 2.75) is 30.1 Å². The van der Waals surface area contributed by atoms with Crippen LogP contribution in [0.25, 0.3) is 0 Å². The van der Waals surface area contributed by atoms with E-state index in [0.717, 1.165) is 6.26 Å². The first-order chi connectivity index (χ1) is 8.65. The summed E-state index contributed by atoms with van der Waals surface area (Å²) in [5, 5.41) is 8.89. The minimum atomic E-state index is -3.23. The lowest BCUT2D eigenvalue weighted by Gasteiger charge is -2.14. The van der Waals surface area contributed by atoms with Crippen LogP contribution in [0.5, 0.6) is 0 Å². The van der Waals surface area contributed by atoms with Crippen LogP contribution in [0.4, 0.5) is 0 Å². The molecule has 4 nitrogen and oxygen atoms in total. The number of hydrogen-bond acceptors (Lipinski definition) is 4. The van der Waals surface area contributed by atoms with Crippen LogP contribution in [0.15, 0.2) is 34.1 Å². The molecule has 0 amide bonds. The Morgan fingerprint density at radius 1 is 1.26 bits per heavy atom. The van der Waals surface area contributed by atoms with Gasteiger partial charge in [-0.15, -0.1) is 0 Å². The Balaban J connectivity index is 2.78. The molecule has 0 radical (unpaired) electrons. The van der Waals surface area contributed by atoms with Gasteiger partial charge in [-0.05, 0) is 44.5 Å². The fourth-order valence-corrected chi connectivity index (χ4v) is 3.36. The zero-order valence-electron chi connectivity index (χ0n) is 11.2. The average Bonchev–Trinajstić information content (AvgIpc) is 2.35. The fourth-order valence-electron chi connectivity index (χ4n) is 1.36. The molecule has 19 heavy (non-hydrogen) atoms. The van der Waals surface area contributed by atoms with Crippen LogP contribution in [0.2, 0.25) is 0 Å². The Kier molecular flexibility index (Phi) is 4.88. The smallest absolute Gasteiger partial charge is 0.175 e. The van der Waals surface area contributed by atoms with E-state index in [1.54, 1.807) is 26.0 Å². The van der Waals surface area contributed by atoms with Crippen molar-refractivity contribution >= 4 is 20.6 Å². The van der Waals surface area contributed by atoms with Crippen LogP contribution < -0.4 is 0 Å². The van der Waals surface area contributed by atoms with Crippen LogP contribution in [-0.4, -0.2) is 24.6 Å². The highest BCUT2D eigenvalue weighted by molar-refractivity contribution is 7.90. The highest BCUT2D eigenvalue weighted by atomic mass is 32.2. The third kappa shape index (κ3) is 4.77. The quantitative estimate of drug-likeness (QED) is 0.834. The molecule has 0 bridgehead atoms. The van der Waals surface area contributed by atoms with Crippen molar-refractivity contribution in [2.75, 3.05) is 12.0 Å². The van der Waals surface area contributed by atoms with Gasteiger partial charge in [0.1, 0.15) is 0 Å². The summed E-state index contributed by atoms with van der Waals surface area (Å²) in [7, 11) is -4.44. The Hall–Kier alpha value is -1.19. The van der Waals surface area contributed by atoms with Gasteiger partial charge in [-0.1, -0.05) is 0 Å². The van der Waals surface area contributed by atoms with E-state index in [4.69, 9.17) is 5.26 Å². The summed E-state index contributed by atoms with van der Waals surface area (Å²) in [5.74, 6) is 0.388. The van der Waals surface area contributed by atoms with Crippen LogP contribution in [0.3, 0.4) is 0 Å². The summed E-state index contributed by atoms with van der Waals surface area (Å²) in [6.45, 7) is 3.61. The van der Waals surface area contributed by atoms with Crippen LogP contribution in [-0.2, 0) is 20.6 Å². The molecule has 0 saturated heterocycles. The zero-order chi connectivity index (χ0) is 14.7. The van der Waals surface area contributed by atoms with Gasteiger partial charge in [0, 0.05) is 16.9 Å². The summed E-state index contributed by atoms with van der Waals surface area (Å²) in [4.78, 5) is 0.798. The van der Waals surface area contributed by atoms with E-state index in [2.05, 4.69) is 6.07 Å². The molecule has 0 N–H and O–H groups in total. The second-order valence-electron chi connectivity index (χ2n) is 5.04. The Labute approximate surface area is 116 Å². The van der Waals surface area contributed by atoms with Crippen molar-refractivity contribution < 1.29 is 12.6 Å². The molecule has 1 aromatic rings. The molecule has 1 aromatic carbocycles. The molecule has 1 unspecified atom stereocenters. The lowest BCUT2D eigenvalue weighted by Crippen LogP contribution is -2.12. The van der Waals surface area contributed by atoms with Gasteiger partial charge >= 0.3 is 0 Å². The van der Waals surface area contributed by atoms with Gasteiger partial charge in [-0.2, -0.15) is 5.26 Å². The maximum Gasteiger partial charge on any atom is 0.175 e. The van der Waals surface area contributed by atoms with Crippen LogP contribution in [0.1, 0.15) is 20.3 Å². The summed E-state index contributed by atoms with van der Waals surface area (Å²) < 4.78 is 34.6. The van der Waals surface area contributed by atoms with Gasteiger partial charge in [0.25, 0.3) is 0 Å². The van der Waals surface area contributed by atoms with E-state index < -0.39 is 26.1 Å². The van der Waals surface area contributed by atoms with Gasteiger partial charge < -0.3 is 0 Å². The first-order valence-corrected chi connectivity index (χ1v) is 8.96. The minimum absolute atomic E-state index is 0.214. The fraction of sp³-hybridized carbons (Fsp3) is 0.462. The van der Waals surface area contributed by atoms with Crippen LogP contribution in [0, 0.1) is 16.7 Å². The van der Waals surface area contributed by atoms with E-state index >= 15 is 0 Å². The summed E-state index contributed by atoms with van der Waals surface area (Å²) >= 11 is 0. The van der Waals surface area contributed by atoms with E-state index in [-0.39, 0.29) is 4.90 Å². The minimum Gasteiger partial charge on any atom is -0.254 e. The average molecular weight is 299 g/mol. The predicted molar refractivity (Wildman–Crippen MR) is 74.8 cm³/mol. The lowest BCUT2D eigenvalue weighted by molar-refractivity contribution is 0.479. The molecule has 0 aliphatic heterocycles. The normalized spacial score (nSPS) is 13.8. The van der Waals surface area contributed by atoms with Crippen molar-refractivity contribution in [1.82, 2.24) is 0 Å². The van der Waals surface area contributed by atoms with Crippen molar-refractivity contribution in [3.05, 3.63) is 24.3 Å². The third-order valence-corrected chi connectivity index (χ3v) is 5.23. The van der Waals surface area contributed by atoms with E-state index in [1.807, 2.05) is 0 Å². The SMILES string of the molecule is CC(C)(C#N)CCS(=O)c1ccc(S(C)(=O)=O)cc1. The Morgan fingerprint density at radius 2 is 1.79 bits per heavy atom. The summed E-state index contributed by atoms with van der Waals surface area (Å²) in [6, 6.07) is 8.20. The molecule has 1 atom stereocenters. The largest absolute Gasteiger partial charge is 0.254 e. The second kappa shape index (κ2) is 5.85.